The first-order valence-corrected chi connectivity index (χ1v) is 10.6. The molecule has 1 heterocycles. The Morgan fingerprint density at radius 1 is 1.10 bits per heavy atom. The van der Waals surface area contributed by atoms with E-state index in [1.54, 1.807) is 6.07 Å². The summed E-state index contributed by atoms with van der Waals surface area (Å²) < 4.78 is 28.5. The summed E-state index contributed by atoms with van der Waals surface area (Å²) in [6, 6.07) is 12.1. The number of nitrogens with one attached hydrogen (secondary N) is 2. The molecule has 160 valence electrons. The standard InChI is InChI=1S/C25H25F2N3O/c26-22-11-17(12-23(27)21(22)15-31)20-8-4-5-16-9-10-24(30-25(16)20)18(13-28)14-29-19-6-2-1-3-7-19/h4-5,8-14,19,28-29,31H,1-3,6-7,15H2/b18-14+,28-13?. The Kier molecular flexibility index (Phi) is 6.37. The monoisotopic (exact) mass is 421 g/mol. The maximum atomic E-state index is 14.3. The van der Waals surface area contributed by atoms with Gasteiger partial charge in [-0.3, -0.25) is 0 Å². The number of para-hydroxylation sites is 1. The molecular weight excluding hydrogens is 396 g/mol. The Hall–Kier alpha value is -3.12. The van der Waals surface area contributed by atoms with E-state index in [-0.39, 0.29) is 5.56 Å². The van der Waals surface area contributed by atoms with Crippen molar-refractivity contribution < 1.29 is 13.9 Å². The molecule has 0 spiro atoms. The molecule has 3 aromatic rings. The van der Waals surface area contributed by atoms with Crippen LogP contribution in [0.5, 0.6) is 0 Å². The largest absolute Gasteiger partial charge is 0.391 e. The molecule has 0 atom stereocenters. The quantitative estimate of drug-likeness (QED) is 0.455. The van der Waals surface area contributed by atoms with Crippen molar-refractivity contribution >= 4 is 22.7 Å². The fraction of sp³-hybridized carbons (Fsp3) is 0.280. The number of benzene rings is 2. The van der Waals surface area contributed by atoms with E-state index in [2.05, 4.69) is 5.32 Å². The van der Waals surface area contributed by atoms with Gasteiger partial charge in [-0.2, -0.15) is 0 Å². The third kappa shape index (κ3) is 4.49. The number of pyridine rings is 1. The molecule has 0 unspecified atom stereocenters. The highest BCUT2D eigenvalue weighted by molar-refractivity contribution is 6.08. The molecule has 2 aromatic carbocycles. The van der Waals surface area contributed by atoms with Crippen LogP contribution in [0.25, 0.3) is 27.6 Å². The number of fused-ring (bicyclic) bond motifs is 1. The smallest absolute Gasteiger partial charge is 0.132 e. The molecule has 0 bridgehead atoms. The number of rotatable bonds is 6. The van der Waals surface area contributed by atoms with Crippen molar-refractivity contribution in [2.24, 2.45) is 0 Å². The number of aliphatic hydroxyl groups is 1. The number of hydrogen-bond acceptors (Lipinski definition) is 4. The fourth-order valence-corrected chi connectivity index (χ4v) is 4.12. The van der Waals surface area contributed by atoms with E-state index < -0.39 is 18.2 Å². The first-order valence-electron chi connectivity index (χ1n) is 10.6. The van der Waals surface area contributed by atoms with Gasteiger partial charge < -0.3 is 15.8 Å². The van der Waals surface area contributed by atoms with Crippen molar-refractivity contribution in [2.45, 2.75) is 44.8 Å². The lowest BCUT2D eigenvalue weighted by atomic mass is 9.95. The van der Waals surface area contributed by atoms with Crippen molar-refractivity contribution in [2.75, 3.05) is 0 Å². The van der Waals surface area contributed by atoms with E-state index in [4.69, 9.17) is 10.4 Å². The van der Waals surface area contributed by atoms with Crippen LogP contribution in [-0.2, 0) is 6.61 Å². The Morgan fingerprint density at radius 3 is 2.52 bits per heavy atom. The van der Waals surface area contributed by atoms with Crippen molar-refractivity contribution in [3.63, 3.8) is 0 Å². The van der Waals surface area contributed by atoms with E-state index in [9.17, 15) is 13.9 Å². The van der Waals surface area contributed by atoms with Crippen LogP contribution in [0.1, 0.15) is 43.4 Å². The molecule has 0 saturated heterocycles. The van der Waals surface area contributed by atoms with Crippen LogP contribution in [0.2, 0.25) is 0 Å². The molecule has 0 aliphatic heterocycles. The second-order valence-electron chi connectivity index (χ2n) is 7.90. The van der Waals surface area contributed by atoms with Crippen LogP contribution >= 0.6 is 0 Å². The normalized spacial score (nSPS) is 15.3. The van der Waals surface area contributed by atoms with Gasteiger partial charge in [-0.05, 0) is 36.6 Å². The summed E-state index contributed by atoms with van der Waals surface area (Å²) in [5, 5.41) is 21.3. The molecule has 1 aliphatic carbocycles. The van der Waals surface area contributed by atoms with E-state index in [0.717, 1.165) is 18.2 Å². The molecule has 1 saturated carbocycles. The number of hydrogen-bond donors (Lipinski definition) is 3. The van der Waals surface area contributed by atoms with E-state index in [0.29, 0.717) is 34.0 Å². The average molecular weight is 421 g/mol. The predicted molar refractivity (Wildman–Crippen MR) is 120 cm³/mol. The fourth-order valence-electron chi connectivity index (χ4n) is 4.12. The van der Waals surface area contributed by atoms with Crippen LogP contribution in [-0.4, -0.2) is 22.3 Å². The third-order valence-electron chi connectivity index (χ3n) is 5.86. The number of aromatic nitrogens is 1. The summed E-state index contributed by atoms with van der Waals surface area (Å²) in [5.74, 6) is -1.58. The van der Waals surface area contributed by atoms with Crippen LogP contribution in [0.4, 0.5) is 8.78 Å². The van der Waals surface area contributed by atoms with Gasteiger partial charge >= 0.3 is 0 Å². The Bertz CT molecular complexity index is 1110. The van der Waals surface area contributed by atoms with Crippen molar-refractivity contribution in [3.8, 4) is 11.1 Å². The Balaban J connectivity index is 1.74. The van der Waals surface area contributed by atoms with Crippen molar-refractivity contribution in [1.29, 1.82) is 5.41 Å². The second kappa shape index (κ2) is 9.35. The summed E-state index contributed by atoms with van der Waals surface area (Å²) in [4.78, 5) is 4.73. The SMILES string of the molecule is N=C/C(=C\NC1CCCCC1)c1ccc2cccc(-c3cc(F)c(CO)c(F)c3)c2n1. The van der Waals surface area contributed by atoms with Gasteiger partial charge in [0.1, 0.15) is 11.6 Å². The Morgan fingerprint density at radius 2 is 1.84 bits per heavy atom. The summed E-state index contributed by atoms with van der Waals surface area (Å²) in [7, 11) is 0. The molecule has 0 radical (unpaired) electrons. The zero-order valence-electron chi connectivity index (χ0n) is 17.2. The van der Waals surface area contributed by atoms with Crippen molar-refractivity contribution in [3.05, 3.63) is 71.6 Å². The average Bonchev–Trinajstić information content (AvgIpc) is 2.79. The van der Waals surface area contributed by atoms with Gasteiger partial charge in [0.15, 0.2) is 0 Å². The van der Waals surface area contributed by atoms with E-state index in [1.807, 2.05) is 30.5 Å². The summed E-state index contributed by atoms with van der Waals surface area (Å²) in [6.07, 6.45) is 9.05. The van der Waals surface area contributed by atoms with Gasteiger partial charge in [-0.25, -0.2) is 13.8 Å². The third-order valence-corrected chi connectivity index (χ3v) is 5.86. The Labute approximate surface area is 180 Å². The molecular formula is C25H25F2N3O. The van der Waals surface area contributed by atoms with Crippen LogP contribution < -0.4 is 5.32 Å². The highest BCUT2D eigenvalue weighted by Gasteiger charge is 2.15. The minimum atomic E-state index is -0.789. The lowest BCUT2D eigenvalue weighted by Gasteiger charge is -2.22. The number of aliphatic hydroxyl groups excluding tert-OH is 1. The van der Waals surface area contributed by atoms with Crippen LogP contribution in [0.15, 0.2) is 48.7 Å². The first-order chi connectivity index (χ1) is 15.1. The van der Waals surface area contributed by atoms with Gasteiger partial charge in [-0.1, -0.05) is 43.5 Å². The minimum absolute atomic E-state index is 0.347. The highest BCUT2D eigenvalue weighted by atomic mass is 19.1. The molecule has 1 fully saturated rings. The summed E-state index contributed by atoms with van der Waals surface area (Å²) in [5.41, 5.74) is 2.46. The predicted octanol–water partition coefficient (Wildman–Crippen LogP) is 5.59. The number of halogens is 2. The second-order valence-corrected chi connectivity index (χ2v) is 7.90. The molecule has 6 heteroatoms. The molecule has 1 aromatic heterocycles. The van der Waals surface area contributed by atoms with Gasteiger partial charge in [-0.15, -0.1) is 0 Å². The minimum Gasteiger partial charge on any atom is -0.391 e. The van der Waals surface area contributed by atoms with Crippen molar-refractivity contribution in [1.82, 2.24) is 10.3 Å². The van der Waals surface area contributed by atoms with Gasteiger partial charge in [0.05, 0.1) is 17.8 Å². The lowest BCUT2D eigenvalue weighted by Crippen LogP contribution is -2.26. The molecule has 4 nitrogen and oxygen atoms in total. The molecule has 0 amide bonds. The maximum Gasteiger partial charge on any atom is 0.132 e. The van der Waals surface area contributed by atoms with E-state index >= 15 is 0 Å². The van der Waals surface area contributed by atoms with Gasteiger partial charge in [0.25, 0.3) is 0 Å². The molecule has 3 N–H and O–H groups in total. The zero-order valence-corrected chi connectivity index (χ0v) is 17.2. The lowest BCUT2D eigenvalue weighted by molar-refractivity contribution is 0.269. The van der Waals surface area contributed by atoms with Crippen LogP contribution in [0.3, 0.4) is 0 Å². The molecule has 4 rings (SSSR count). The topological polar surface area (TPSA) is 69.0 Å². The zero-order chi connectivity index (χ0) is 21.8. The van der Waals surface area contributed by atoms with E-state index in [1.165, 1.54) is 37.6 Å². The number of allylic oxidation sites excluding steroid dienone is 1. The molecule has 31 heavy (non-hydrogen) atoms. The summed E-state index contributed by atoms with van der Waals surface area (Å²) >= 11 is 0. The maximum absolute atomic E-state index is 14.3. The van der Waals surface area contributed by atoms with Crippen LogP contribution in [0, 0.1) is 17.0 Å². The first kappa shape index (κ1) is 21.1. The number of nitrogens with zero attached hydrogens (tertiary/aromatic N) is 1. The molecule has 1 aliphatic rings. The summed E-state index contributed by atoms with van der Waals surface area (Å²) in [6.45, 7) is -0.697. The van der Waals surface area contributed by atoms with Gasteiger partial charge in [0.2, 0.25) is 0 Å². The van der Waals surface area contributed by atoms with Gasteiger partial charge in [0, 0.05) is 40.5 Å². The highest BCUT2D eigenvalue weighted by Crippen LogP contribution is 2.31.